The van der Waals surface area contributed by atoms with Crippen molar-refractivity contribution < 1.29 is 24.2 Å². The SMILES string of the molecule is O=C(O)C1CCC(CN2C(=O)c3ccccc3C2=O)O1. The second-order valence-electron chi connectivity index (χ2n) is 4.93. The van der Waals surface area contributed by atoms with E-state index in [0.29, 0.717) is 24.0 Å². The van der Waals surface area contributed by atoms with E-state index < -0.39 is 18.2 Å². The fraction of sp³-hybridized carbons (Fsp3) is 0.357. The highest BCUT2D eigenvalue weighted by atomic mass is 16.5. The number of nitrogens with zero attached hydrogens (tertiary/aromatic N) is 1. The molecule has 6 nitrogen and oxygen atoms in total. The Hall–Kier alpha value is -2.21. The Kier molecular flexibility index (Phi) is 3.02. The lowest BCUT2D eigenvalue weighted by molar-refractivity contribution is -0.149. The Morgan fingerprint density at radius 3 is 2.30 bits per heavy atom. The molecule has 20 heavy (non-hydrogen) atoms. The van der Waals surface area contributed by atoms with E-state index in [2.05, 4.69) is 0 Å². The van der Waals surface area contributed by atoms with Crippen LogP contribution < -0.4 is 0 Å². The molecular formula is C14H13NO5. The first-order chi connectivity index (χ1) is 9.58. The minimum absolute atomic E-state index is 0.107. The van der Waals surface area contributed by atoms with Crippen LogP contribution >= 0.6 is 0 Å². The van der Waals surface area contributed by atoms with Crippen LogP contribution in [0.2, 0.25) is 0 Å². The van der Waals surface area contributed by atoms with Gasteiger partial charge in [-0.05, 0) is 25.0 Å². The summed E-state index contributed by atoms with van der Waals surface area (Å²) in [6.45, 7) is 0.107. The highest BCUT2D eigenvalue weighted by Gasteiger charge is 2.39. The molecule has 2 atom stereocenters. The van der Waals surface area contributed by atoms with Crippen molar-refractivity contribution in [2.24, 2.45) is 0 Å². The normalized spacial score (nSPS) is 25.1. The van der Waals surface area contributed by atoms with E-state index in [1.54, 1.807) is 24.3 Å². The van der Waals surface area contributed by atoms with E-state index >= 15 is 0 Å². The smallest absolute Gasteiger partial charge is 0.332 e. The average molecular weight is 275 g/mol. The van der Waals surface area contributed by atoms with Crippen molar-refractivity contribution >= 4 is 17.8 Å². The summed E-state index contributed by atoms with van der Waals surface area (Å²) in [4.78, 5) is 36.2. The number of rotatable bonds is 3. The van der Waals surface area contributed by atoms with Gasteiger partial charge in [-0.25, -0.2) is 4.79 Å². The van der Waals surface area contributed by atoms with Crippen molar-refractivity contribution in [2.45, 2.75) is 25.0 Å². The molecule has 1 aromatic carbocycles. The number of carboxylic acid groups (broad SMARTS) is 1. The minimum atomic E-state index is -1.00. The van der Waals surface area contributed by atoms with Gasteiger partial charge in [0.15, 0.2) is 6.10 Å². The molecule has 1 saturated heterocycles. The monoisotopic (exact) mass is 275 g/mol. The van der Waals surface area contributed by atoms with Crippen molar-refractivity contribution in [3.63, 3.8) is 0 Å². The summed E-state index contributed by atoms with van der Waals surface area (Å²) in [7, 11) is 0. The molecule has 0 saturated carbocycles. The van der Waals surface area contributed by atoms with Crippen molar-refractivity contribution in [3.8, 4) is 0 Å². The summed E-state index contributed by atoms with van der Waals surface area (Å²) in [5.41, 5.74) is 0.788. The van der Waals surface area contributed by atoms with E-state index in [9.17, 15) is 14.4 Å². The van der Waals surface area contributed by atoms with Gasteiger partial charge in [-0.3, -0.25) is 14.5 Å². The molecule has 0 bridgehead atoms. The molecule has 2 aliphatic rings. The van der Waals surface area contributed by atoms with Crippen molar-refractivity contribution in [3.05, 3.63) is 35.4 Å². The number of ether oxygens (including phenoxy) is 1. The molecule has 1 N–H and O–H groups in total. The third kappa shape index (κ3) is 1.98. The van der Waals surface area contributed by atoms with Gasteiger partial charge in [0.1, 0.15) is 0 Å². The molecular weight excluding hydrogens is 262 g/mol. The number of carboxylic acids is 1. The molecule has 2 aliphatic heterocycles. The lowest BCUT2D eigenvalue weighted by atomic mass is 10.1. The largest absolute Gasteiger partial charge is 0.479 e. The molecule has 104 valence electrons. The zero-order chi connectivity index (χ0) is 14.3. The zero-order valence-corrected chi connectivity index (χ0v) is 10.6. The van der Waals surface area contributed by atoms with Gasteiger partial charge in [0.05, 0.1) is 23.8 Å². The second kappa shape index (κ2) is 4.72. The van der Waals surface area contributed by atoms with Gasteiger partial charge in [0.2, 0.25) is 0 Å². The van der Waals surface area contributed by atoms with Gasteiger partial charge >= 0.3 is 5.97 Å². The highest BCUT2D eigenvalue weighted by molar-refractivity contribution is 6.21. The second-order valence-corrected chi connectivity index (χ2v) is 4.93. The molecule has 2 amide bonds. The summed E-state index contributed by atoms with van der Waals surface area (Å²) in [5.74, 6) is -1.68. The first-order valence-corrected chi connectivity index (χ1v) is 6.41. The Bertz CT molecular complexity index is 562. The highest BCUT2D eigenvalue weighted by Crippen LogP contribution is 2.26. The predicted octanol–water partition coefficient (Wildman–Crippen LogP) is 0.915. The summed E-state index contributed by atoms with van der Waals surface area (Å²) in [5, 5.41) is 8.87. The van der Waals surface area contributed by atoms with Crippen LogP contribution in [0.3, 0.4) is 0 Å². The van der Waals surface area contributed by atoms with Gasteiger partial charge in [-0.15, -0.1) is 0 Å². The van der Waals surface area contributed by atoms with Crippen molar-refractivity contribution in [1.29, 1.82) is 0 Å². The van der Waals surface area contributed by atoms with E-state index in [4.69, 9.17) is 9.84 Å². The van der Waals surface area contributed by atoms with Crippen LogP contribution in [0, 0.1) is 0 Å². The number of carbonyl (C=O) groups is 3. The van der Waals surface area contributed by atoms with Crippen LogP contribution in [-0.4, -0.2) is 46.5 Å². The van der Waals surface area contributed by atoms with Crippen molar-refractivity contribution in [2.75, 3.05) is 6.54 Å². The lowest BCUT2D eigenvalue weighted by Crippen LogP contribution is -2.37. The number of imide groups is 1. The van der Waals surface area contributed by atoms with Gasteiger partial charge < -0.3 is 9.84 Å². The van der Waals surface area contributed by atoms with E-state index in [1.807, 2.05) is 0 Å². The Balaban J connectivity index is 1.73. The molecule has 0 radical (unpaired) electrons. The number of fused-ring (bicyclic) bond motifs is 1. The van der Waals surface area contributed by atoms with Gasteiger partial charge in [-0.1, -0.05) is 12.1 Å². The molecule has 2 heterocycles. The third-order valence-corrected chi connectivity index (χ3v) is 3.65. The molecule has 0 aromatic heterocycles. The molecule has 6 heteroatoms. The quantitative estimate of drug-likeness (QED) is 0.829. The van der Waals surface area contributed by atoms with Gasteiger partial charge in [0.25, 0.3) is 11.8 Å². The topological polar surface area (TPSA) is 83.9 Å². The Morgan fingerprint density at radius 2 is 1.80 bits per heavy atom. The Labute approximate surface area is 114 Å². The summed E-state index contributed by atoms with van der Waals surface area (Å²) in [6, 6.07) is 6.65. The average Bonchev–Trinajstić information content (AvgIpc) is 3.00. The fourth-order valence-electron chi connectivity index (χ4n) is 2.63. The number of hydrogen-bond donors (Lipinski definition) is 1. The maximum atomic E-state index is 12.1. The molecule has 0 aliphatic carbocycles. The lowest BCUT2D eigenvalue weighted by Gasteiger charge is -2.18. The van der Waals surface area contributed by atoms with E-state index in [-0.39, 0.29) is 18.4 Å². The molecule has 0 spiro atoms. The number of carbonyl (C=O) groups excluding carboxylic acids is 2. The van der Waals surface area contributed by atoms with Crippen LogP contribution in [0.4, 0.5) is 0 Å². The summed E-state index contributed by atoms with van der Waals surface area (Å²) < 4.78 is 5.33. The minimum Gasteiger partial charge on any atom is -0.479 e. The Morgan fingerprint density at radius 1 is 1.20 bits per heavy atom. The predicted molar refractivity (Wildman–Crippen MR) is 67.3 cm³/mol. The van der Waals surface area contributed by atoms with Crippen LogP contribution in [0.5, 0.6) is 0 Å². The third-order valence-electron chi connectivity index (χ3n) is 3.65. The molecule has 3 rings (SSSR count). The molecule has 1 aromatic rings. The maximum Gasteiger partial charge on any atom is 0.332 e. The first kappa shape index (κ1) is 12.8. The number of amides is 2. The van der Waals surface area contributed by atoms with Crippen LogP contribution in [0.25, 0.3) is 0 Å². The first-order valence-electron chi connectivity index (χ1n) is 6.41. The molecule has 2 unspecified atom stereocenters. The van der Waals surface area contributed by atoms with Gasteiger partial charge in [0, 0.05) is 0 Å². The number of aliphatic carboxylic acids is 1. The fourth-order valence-corrected chi connectivity index (χ4v) is 2.63. The number of benzene rings is 1. The van der Waals surface area contributed by atoms with Crippen LogP contribution in [0.1, 0.15) is 33.6 Å². The van der Waals surface area contributed by atoms with Gasteiger partial charge in [-0.2, -0.15) is 0 Å². The van der Waals surface area contributed by atoms with E-state index in [0.717, 1.165) is 4.90 Å². The standard InChI is InChI=1S/C14H13NO5/c16-12-9-3-1-2-4-10(9)13(17)15(12)7-8-5-6-11(20-8)14(18)19/h1-4,8,11H,5-7H2,(H,18,19). The summed E-state index contributed by atoms with van der Waals surface area (Å²) in [6.07, 6.45) is -0.304. The van der Waals surface area contributed by atoms with E-state index in [1.165, 1.54) is 0 Å². The van der Waals surface area contributed by atoms with Crippen LogP contribution in [-0.2, 0) is 9.53 Å². The maximum absolute atomic E-state index is 12.1. The number of hydrogen-bond acceptors (Lipinski definition) is 4. The summed E-state index contributed by atoms with van der Waals surface area (Å²) >= 11 is 0. The molecule has 1 fully saturated rings. The van der Waals surface area contributed by atoms with Crippen LogP contribution in [0.15, 0.2) is 24.3 Å². The van der Waals surface area contributed by atoms with Crippen molar-refractivity contribution in [1.82, 2.24) is 4.90 Å². The zero-order valence-electron chi connectivity index (χ0n) is 10.6.